The zero-order chi connectivity index (χ0) is 20.1. The Bertz CT molecular complexity index is 981. The number of H-pyrrole nitrogens is 1. The molecule has 1 aromatic carbocycles. The first-order valence-electron chi connectivity index (χ1n) is 9.92. The highest BCUT2D eigenvalue weighted by atomic mass is 16.5. The summed E-state index contributed by atoms with van der Waals surface area (Å²) in [5.74, 6) is 1.99. The fourth-order valence-corrected chi connectivity index (χ4v) is 3.24. The van der Waals surface area contributed by atoms with Crippen molar-refractivity contribution in [2.75, 3.05) is 44.7 Å². The van der Waals surface area contributed by atoms with Crippen LogP contribution in [0.2, 0.25) is 0 Å². The summed E-state index contributed by atoms with van der Waals surface area (Å²) < 4.78 is 11.3. The smallest absolute Gasteiger partial charge is 0.201 e. The van der Waals surface area contributed by atoms with Gasteiger partial charge in [-0.1, -0.05) is 6.92 Å². The van der Waals surface area contributed by atoms with Crippen molar-refractivity contribution in [1.82, 2.24) is 19.9 Å². The van der Waals surface area contributed by atoms with Crippen LogP contribution >= 0.6 is 0 Å². The van der Waals surface area contributed by atoms with Gasteiger partial charge in [0.15, 0.2) is 5.78 Å². The first kappa shape index (κ1) is 19.4. The lowest BCUT2D eigenvalue weighted by Gasteiger charge is -2.26. The van der Waals surface area contributed by atoms with Crippen LogP contribution in [0.3, 0.4) is 0 Å². The number of nitrogens with one attached hydrogen (secondary N) is 2. The van der Waals surface area contributed by atoms with Crippen molar-refractivity contribution < 1.29 is 14.3 Å². The van der Waals surface area contributed by atoms with E-state index in [1.165, 1.54) is 0 Å². The topological polar surface area (TPSA) is 92.4 Å². The maximum absolute atomic E-state index is 11.8. The quantitative estimate of drug-likeness (QED) is 0.566. The molecular formula is C21H25N5O3. The summed E-state index contributed by atoms with van der Waals surface area (Å²) in [4.78, 5) is 26.2. The molecule has 8 nitrogen and oxygen atoms in total. The molecule has 0 spiro atoms. The molecule has 3 aromatic rings. The Labute approximate surface area is 169 Å². The van der Waals surface area contributed by atoms with Crippen LogP contribution < -0.4 is 10.1 Å². The molecular weight excluding hydrogens is 370 g/mol. The lowest BCUT2D eigenvalue weighted by Crippen LogP contribution is -2.39. The van der Waals surface area contributed by atoms with Gasteiger partial charge in [0.1, 0.15) is 17.2 Å². The number of imidazole rings is 1. The van der Waals surface area contributed by atoms with Gasteiger partial charge >= 0.3 is 0 Å². The number of rotatable bonds is 8. The molecule has 2 N–H and O–H groups in total. The zero-order valence-corrected chi connectivity index (χ0v) is 16.5. The third-order valence-electron chi connectivity index (χ3n) is 4.85. The number of morpholine rings is 1. The van der Waals surface area contributed by atoms with E-state index in [2.05, 4.69) is 25.2 Å². The molecule has 0 bridgehead atoms. The number of pyridine rings is 1. The number of aromatic nitrogens is 3. The molecule has 1 fully saturated rings. The predicted molar refractivity (Wildman–Crippen MR) is 111 cm³/mol. The summed E-state index contributed by atoms with van der Waals surface area (Å²) in [5, 5.41) is 3.34. The van der Waals surface area contributed by atoms with Crippen molar-refractivity contribution in [2.24, 2.45) is 0 Å². The van der Waals surface area contributed by atoms with Gasteiger partial charge < -0.3 is 19.8 Å². The minimum atomic E-state index is -0.00716. The molecule has 1 aliphatic rings. The first-order chi connectivity index (χ1) is 14.2. The summed E-state index contributed by atoms with van der Waals surface area (Å²) in [7, 11) is 0. The number of aromatic amines is 1. The van der Waals surface area contributed by atoms with Gasteiger partial charge in [0.2, 0.25) is 5.95 Å². The molecule has 0 unspecified atom stereocenters. The fraction of sp³-hybridized carbons (Fsp3) is 0.381. The normalized spacial score (nSPS) is 14.8. The largest absolute Gasteiger partial charge is 0.457 e. The van der Waals surface area contributed by atoms with Crippen LogP contribution in [-0.2, 0) is 4.74 Å². The van der Waals surface area contributed by atoms with Crippen molar-refractivity contribution >= 4 is 22.8 Å². The number of carbonyl (C=O) groups is 1. The molecule has 0 atom stereocenters. The van der Waals surface area contributed by atoms with E-state index in [-0.39, 0.29) is 5.78 Å². The number of nitrogens with zero attached hydrogens (tertiary/aromatic N) is 3. The van der Waals surface area contributed by atoms with Crippen molar-refractivity contribution in [2.45, 2.75) is 13.3 Å². The number of carbonyl (C=O) groups excluding carboxylic acids is 1. The molecule has 2 aromatic heterocycles. The highest BCUT2D eigenvalue weighted by Crippen LogP contribution is 2.26. The minimum absolute atomic E-state index is 0.00716. The third kappa shape index (κ3) is 4.90. The SMILES string of the molecule is CCC(=O)c1cc(Oc2ccc3nc(NCCN4CCOCC4)[nH]c3c2)ccn1. The van der Waals surface area contributed by atoms with E-state index in [1.54, 1.807) is 18.3 Å². The number of benzene rings is 1. The number of fused-ring (bicyclic) bond motifs is 1. The third-order valence-corrected chi connectivity index (χ3v) is 4.85. The van der Waals surface area contributed by atoms with E-state index in [4.69, 9.17) is 9.47 Å². The summed E-state index contributed by atoms with van der Waals surface area (Å²) in [6.07, 6.45) is 2.00. The van der Waals surface area contributed by atoms with Crippen LogP contribution in [0.4, 0.5) is 5.95 Å². The van der Waals surface area contributed by atoms with Crippen molar-refractivity contribution in [3.8, 4) is 11.5 Å². The molecule has 29 heavy (non-hydrogen) atoms. The predicted octanol–water partition coefficient (Wildman–Crippen LogP) is 3.09. The zero-order valence-electron chi connectivity index (χ0n) is 16.5. The van der Waals surface area contributed by atoms with Gasteiger partial charge in [-0.05, 0) is 18.2 Å². The fourth-order valence-electron chi connectivity index (χ4n) is 3.24. The van der Waals surface area contributed by atoms with Gasteiger partial charge in [-0.3, -0.25) is 14.7 Å². The Morgan fingerprint density at radius 2 is 2.07 bits per heavy atom. The van der Waals surface area contributed by atoms with Crippen LogP contribution in [-0.4, -0.2) is 65.0 Å². The van der Waals surface area contributed by atoms with Gasteiger partial charge in [-0.2, -0.15) is 0 Å². The summed E-state index contributed by atoms with van der Waals surface area (Å²) in [6.45, 7) is 7.14. The van der Waals surface area contributed by atoms with Crippen molar-refractivity contribution in [3.63, 3.8) is 0 Å². The van der Waals surface area contributed by atoms with E-state index in [0.29, 0.717) is 23.6 Å². The van der Waals surface area contributed by atoms with Gasteiger partial charge in [-0.15, -0.1) is 0 Å². The van der Waals surface area contributed by atoms with Crippen LogP contribution in [0, 0.1) is 0 Å². The van der Waals surface area contributed by atoms with Gasteiger partial charge in [0.25, 0.3) is 0 Å². The van der Waals surface area contributed by atoms with Gasteiger partial charge in [0.05, 0.1) is 24.2 Å². The maximum Gasteiger partial charge on any atom is 0.201 e. The molecule has 0 aliphatic carbocycles. The minimum Gasteiger partial charge on any atom is -0.457 e. The molecule has 4 rings (SSSR count). The van der Waals surface area contributed by atoms with Crippen LogP contribution in [0.15, 0.2) is 36.5 Å². The Morgan fingerprint density at radius 1 is 1.24 bits per heavy atom. The second-order valence-electron chi connectivity index (χ2n) is 6.90. The summed E-state index contributed by atoms with van der Waals surface area (Å²) in [5.41, 5.74) is 2.16. The molecule has 0 radical (unpaired) electrons. The molecule has 1 saturated heterocycles. The van der Waals surface area contributed by atoms with Crippen LogP contribution in [0.1, 0.15) is 23.8 Å². The van der Waals surface area contributed by atoms with E-state index in [0.717, 1.165) is 56.4 Å². The van der Waals surface area contributed by atoms with E-state index in [9.17, 15) is 4.79 Å². The average molecular weight is 395 g/mol. The molecule has 152 valence electrons. The molecule has 0 saturated carbocycles. The number of anilines is 1. The van der Waals surface area contributed by atoms with Crippen LogP contribution in [0.25, 0.3) is 11.0 Å². The lowest BCUT2D eigenvalue weighted by atomic mass is 10.2. The summed E-state index contributed by atoms with van der Waals surface area (Å²) in [6, 6.07) is 9.08. The highest BCUT2D eigenvalue weighted by molar-refractivity contribution is 5.94. The molecule has 0 amide bonds. The van der Waals surface area contributed by atoms with E-state index >= 15 is 0 Å². The second-order valence-corrected chi connectivity index (χ2v) is 6.90. The molecule has 1 aliphatic heterocycles. The monoisotopic (exact) mass is 395 g/mol. The lowest BCUT2D eigenvalue weighted by molar-refractivity contribution is 0.0398. The Kier molecular flexibility index (Phi) is 6.02. The average Bonchev–Trinajstić information content (AvgIpc) is 3.16. The Balaban J connectivity index is 1.39. The number of Topliss-reactive ketones (excluding diaryl/α,β-unsaturated/α-hetero) is 1. The number of ketones is 1. The van der Waals surface area contributed by atoms with E-state index < -0.39 is 0 Å². The maximum atomic E-state index is 11.8. The van der Waals surface area contributed by atoms with Crippen LogP contribution in [0.5, 0.6) is 11.5 Å². The number of hydrogen-bond acceptors (Lipinski definition) is 7. The molecule has 8 heteroatoms. The van der Waals surface area contributed by atoms with Crippen molar-refractivity contribution in [3.05, 3.63) is 42.2 Å². The molecule has 3 heterocycles. The highest BCUT2D eigenvalue weighted by Gasteiger charge is 2.11. The number of ether oxygens (including phenoxy) is 2. The van der Waals surface area contributed by atoms with Gasteiger partial charge in [0, 0.05) is 50.9 Å². The van der Waals surface area contributed by atoms with Gasteiger partial charge in [-0.25, -0.2) is 4.98 Å². The second kappa shape index (κ2) is 9.02. The van der Waals surface area contributed by atoms with Crippen molar-refractivity contribution in [1.29, 1.82) is 0 Å². The summed E-state index contributed by atoms with van der Waals surface area (Å²) >= 11 is 0. The standard InChI is InChI=1S/C21H25N5O3/c1-2-20(27)19-14-16(5-6-22-19)29-15-3-4-17-18(13-15)25-21(24-17)23-7-8-26-9-11-28-12-10-26/h3-6,13-14H,2,7-12H2,1H3,(H2,23,24,25). The Hall–Kier alpha value is -2.97. The van der Waals surface area contributed by atoms with E-state index in [1.807, 2.05) is 25.1 Å². The Morgan fingerprint density at radius 3 is 2.90 bits per heavy atom. The first-order valence-corrected chi connectivity index (χ1v) is 9.92. The number of hydrogen-bond donors (Lipinski definition) is 2.